The van der Waals surface area contributed by atoms with E-state index in [2.05, 4.69) is 17.1 Å². The Hall–Kier alpha value is -3.35. The van der Waals surface area contributed by atoms with Crippen LogP contribution in [0.15, 0.2) is 54.6 Å². The molecule has 0 radical (unpaired) electrons. The SMILES string of the molecule is CCCCCC(=O)N1CCC2(CC1)C(=O)N(CC(=O)Nc1ccc(C)cc1)CN2c1ccccc1. The third-order valence-electron chi connectivity index (χ3n) is 7.19. The molecule has 7 nitrogen and oxygen atoms in total. The van der Waals surface area contributed by atoms with Gasteiger partial charge in [0.25, 0.3) is 5.91 Å². The summed E-state index contributed by atoms with van der Waals surface area (Å²) in [4.78, 5) is 45.0. The predicted molar refractivity (Wildman–Crippen MR) is 138 cm³/mol. The van der Waals surface area contributed by atoms with Crippen molar-refractivity contribution in [1.82, 2.24) is 9.80 Å². The lowest BCUT2D eigenvalue weighted by atomic mass is 9.85. The summed E-state index contributed by atoms with van der Waals surface area (Å²) in [6.45, 7) is 5.60. The van der Waals surface area contributed by atoms with Crippen molar-refractivity contribution < 1.29 is 14.4 Å². The second kappa shape index (κ2) is 10.9. The zero-order valence-electron chi connectivity index (χ0n) is 20.8. The van der Waals surface area contributed by atoms with Gasteiger partial charge in [0.05, 0.1) is 6.67 Å². The van der Waals surface area contributed by atoms with Crippen LogP contribution in [0, 0.1) is 6.92 Å². The summed E-state index contributed by atoms with van der Waals surface area (Å²) >= 11 is 0. The maximum atomic E-state index is 13.8. The number of piperidine rings is 1. The van der Waals surface area contributed by atoms with Gasteiger partial charge in [-0.1, -0.05) is 55.7 Å². The van der Waals surface area contributed by atoms with E-state index in [1.165, 1.54) is 0 Å². The third-order valence-corrected chi connectivity index (χ3v) is 7.19. The fourth-order valence-corrected chi connectivity index (χ4v) is 5.14. The van der Waals surface area contributed by atoms with Crippen molar-refractivity contribution in [3.8, 4) is 0 Å². The van der Waals surface area contributed by atoms with Gasteiger partial charge in [0.15, 0.2) is 0 Å². The van der Waals surface area contributed by atoms with Gasteiger partial charge in [0, 0.05) is 30.9 Å². The first-order valence-electron chi connectivity index (χ1n) is 12.7. The highest BCUT2D eigenvalue weighted by atomic mass is 16.2. The van der Waals surface area contributed by atoms with Gasteiger partial charge in [0.1, 0.15) is 12.1 Å². The summed E-state index contributed by atoms with van der Waals surface area (Å²) in [5, 5.41) is 2.90. The van der Waals surface area contributed by atoms with Crippen molar-refractivity contribution >= 4 is 29.1 Å². The Morgan fingerprint density at radius 3 is 2.31 bits per heavy atom. The molecule has 2 aliphatic rings. The van der Waals surface area contributed by atoms with Crippen LogP contribution in [0.1, 0.15) is 51.0 Å². The van der Waals surface area contributed by atoms with Crippen LogP contribution < -0.4 is 10.2 Å². The Morgan fingerprint density at radius 2 is 1.66 bits per heavy atom. The Kier molecular flexibility index (Phi) is 7.73. The van der Waals surface area contributed by atoms with Crippen LogP contribution in [0.5, 0.6) is 0 Å². The van der Waals surface area contributed by atoms with E-state index in [0.717, 1.165) is 36.2 Å². The van der Waals surface area contributed by atoms with Crippen molar-refractivity contribution in [2.45, 2.75) is 57.9 Å². The van der Waals surface area contributed by atoms with Crippen LogP contribution in [0.4, 0.5) is 11.4 Å². The molecular formula is C28H36N4O3. The molecule has 2 aromatic rings. The Bertz CT molecular complexity index is 1030. The maximum Gasteiger partial charge on any atom is 0.250 e. The molecule has 2 heterocycles. The molecule has 2 saturated heterocycles. The van der Waals surface area contributed by atoms with Gasteiger partial charge >= 0.3 is 0 Å². The summed E-state index contributed by atoms with van der Waals surface area (Å²) in [5.74, 6) is -0.0615. The number of nitrogens with one attached hydrogen (secondary N) is 1. The van der Waals surface area contributed by atoms with Crippen molar-refractivity contribution in [3.63, 3.8) is 0 Å². The molecule has 2 aliphatic heterocycles. The first-order valence-corrected chi connectivity index (χ1v) is 12.7. The minimum Gasteiger partial charge on any atom is -0.342 e. The largest absolute Gasteiger partial charge is 0.342 e. The van der Waals surface area contributed by atoms with E-state index in [1.807, 2.05) is 66.4 Å². The number of hydrogen-bond donors (Lipinski definition) is 1. The van der Waals surface area contributed by atoms with Gasteiger partial charge in [-0.05, 0) is 50.5 Å². The smallest absolute Gasteiger partial charge is 0.250 e. The van der Waals surface area contributed by atoms with Crippen molar-refractivity contribution in [1.29, 1.82) is 0 Å². The number of likely N-dealkylation sites (tertiary alicyclic amines) is 1. The number of carbonyl (C=O) groups excluding carboxylic acids is 3. The van der Waals surface area contributed by atoms with E-state index in [9.17, 15) is 14.4 Å². The number of anilines is 2. The standard InChI is InChI=1S/C28H36N4O3/c1-3-4-6-11-26(34)30-18-16-28(17-19-30)27(35)31(21-32(28)24-9-7-5-8-10-24)20-25(33)29-23-14-12-22(2)13-15-23/h5,7-10,12-15H,3-4,6,11,16-21H2,1-2H3,(H,29,33). The van der Waals surface area contributed by atoms with Gasteiger partial charge in [-0.2, -0.15) is 0 Å². The normalized spacial score (nSPS) is 17.2. The number of unbranched alkanes of at least 4 members (excludes halogenated alkanes) is 2. The highest BCUT2D eigenvalue weighted by molar-refractivity contribution is 5.99. The van der Waals surface area contributed by atoms with Crippen LogP contribution in [-0.2, 0) is 14.4 Å². The molecule has 2 fully saturated rings. The zero-order chi connectivity index (χ0) is 24.8. The van der Waals surface area contributed by atoms with E-state index in [-0.39, 0.29) is 24.3 Å². The number of carbonyl (C=O) groups is 3. The molecule has 1 spiro atoms. The average Bonchev–Trinajstić information content (AvgIpc) is 3.12. The van der Waals surface area contributed by atoms with Gasteiger partial charge < -0.3 is 20.0 Å². The van der Waals surface area contributed by atoms with Gasteiger partial charge in [-0.15, -0.1) is 0 Å². The first-order chi connectivity index (χ1) is 16.9. The molecule has 0 aliphatic carbocycles. The van der Waals surface area contributed by atoms with E-state index in [4.69, 9.17) is 0 Å². The molecular weight excluding hydrogens is 440 g/mol. The molecule has 186 valence electrons. The fourth-order valence-electron chi connectivity index (χ4n) is 5.14. The molecule has 0 saturated carbocycles. The molecule has 0 atom stereocenters. The lowest BCUT2D eigenvalue weighted by Crippen LogP contribution is -2.57. The summed E-state index contributed by atoms with van der Waals surface area (Å²) in [6, 6.07) is 17.5. The number of benzene rings is 2. The molecule has 35 heavy (non-hydrogen) atoms. The number of nitrogens with zero attached hydrogens (tertiary/aromatic N) is 3. The lowest BCUT2D eigenvalue weighted by Gasteiger charge is -2.43. The number of para-hydroxylation sites is 1. The third kappa shape index (κ3) is 5.50. The Balaban J connectivity index is 1.47. The Morgan fingerprint density at radius 1 is 0.971 bits per heavy atom. The molecule has 1 N–H and O–H groups in total. The second-order valence-corrected chi connectivity index (χ2v) is 9.69. The number of hydrogen-bond acceptors (Lipinski definition) is 4. The Labute approximate surface area is 208 Å². The van der Waals surface area contributed by atoms with Crippen LogP contribution in [-0.4, -0.2) is 59.4 Å². The molecule has 0 unspecified atom stereocenters. The van der Waals surface area contributed by atoms with Crippen LogP contribution in [0.3, 0.4) is 0 Å². The number of aryl methyl sites for hydroxylation is 1. The van der Waals surface area contributed by atoms with Crippen molar-refractivity contribution in [3.05, 3.63) is 60.2 Å². The summed E-state index contributed by atoms with van der Waals surface area (Å²) in [6.07, 6.45) is 4.76. The van der Waals surface area contributed by atoms with E-state index < -0.39 is 5.54 Å². The summed E-state index contributed by atoms with van der Waals surface area (Å²) in [5.41, 5.74) is 2.07. The van der Waals surface area contributed by atoms with Gasteiger partial charge in [-0.25, -0.2) is 0 Å². The van der Waals surface area contributed by atoms with E-state index in [1.54, 1.807) is 4.90 Å². The molecule has 7 heteroatoms. The highest BCUT2D eigenvalue weighted by Gasteiger charge is 2.54. The first kappa shape index (κ1) is 24.8. The molecule has 0 bridgehead atoms. The summed E-state index contributed by atoms with van der Waals surface area (Å²) < 4.78 is 0. The second-order valence-electron chi connectivity index (χ2n) is 9.69. The lowest BCUT2D eigenvalue weighted by molar-refractivity contribution is -0.139. The van der Waals surface area contributed by atoms with E-state index in [0.29, 0.717) is 39.0 Å². The zero-order valence-corrected chi connectivity index (χ0v) is 20.8. The predicted octanol–water partition coefficient (Wildman–Crippen LogP) is 4.18. The topological polar surface area (TPSA) is 73.0 Å². The van der Waals surface area contributed by atoms with Crippen LogP contribution in [0.25, 0.3) is 0 Å². The van der Waals surface area contributed by atoms with Crippen molar-refractivity contribution in [2.24, 2.45) is 0 Å². The number of rotatable bonds is 8. The maximum absolute atomic E-state index is 13.8. The molecule has 4 rings (SSSR count). The minimum atomic E-state index is -0.730. The molecule has 3 amide bonds. The fraction of sp³-hybridized carbons (Fsp3) is 0.464. The van der Waals surface area contributed by atoms with Crippen LogP contribution in [0.2, 0.25) is 0 Å². The number of amides is 3. The van der Waals surface area contributed by atoms with E-state index >= 15 is 0 Å². The summed E-state index contributed by atoms with van der Waals surface area (Å²) in [7, 11) is 0. The highest BCUT2D eigenvalue weighted by Crippen LogP contribution is 2.39. The van der Waals surface area contributed by atoms with Crippen LogP contribution >= 0.6 is 0 Å². The minimum absolute atomic E-state index is 0.00252. The van der Waals surface area contributed by atoms with Crippen molar-refractivity contribution in [2.75, 3.05) is 36.5 Å². The van der Waals surface area contributed by atoms with Gasteiger partial charge in [-0.3, -0.25) is 14.4 Å². The van der Waals surface area contributed by atoms with Gasteiger partial charge in [0.2, 0.25) is 11.8 Å². The molecule has 2 aromatic carbocycles. The molecule has 0 aromatic heterocycles. The quantitative estimate of drug-likeness (QED) is 0.580. The average molecular weight is 477 g/mol. The monoisotopic (exact) mass is 476 g/mol.